The molecule has 0 saturated heterocycles. The molecule has 0 aliphatic rings. The van der Waals surface area contributed by atoms with Crippen molar-refractivity contribution in [3.8, 4) is 5.75 Å². The molecule has 0 aliphatic carbocycles. The molecule has 5 nitrogen and oxygen atoms in total. The fourth-order valence-electron chi connectivity index (χ4n) is 3.77. The predicted octanol–water partition coefficient (Wildman–Crippen LogP) is 5.69. The van der Waals surface area contributed by atoms with E-state index in [1.165, 1.54) is 5.01 Å². The van der Waals surface area contributed by atoms with Crippen LogP contribution in [0.5, 0.6) is 5.75 Å². The lowest BCUT2D eigenvalue weighted by atomic mass is 9.84. The Kier molecular flexibility index (Phi) is 7.35. The van der Waals surface area contributed by atoms with E-state index in [0.29, 0.717) is 27.6 Å². The van der Waals surface area contributed by atoms with Crippen molar-refractivity contribution in [1.29, 1.82) is 0 Å². The number of hydrogen-bond acceptors (Lipinski definition) is 3. The van der Waals surface area contributed by atoms with Gasteiger partial charge in [0.05, 0.1) is 10.5 Å². The summed E-state index contributed by atoms with van der Waals surface area (Å²) < 4.78 is 0.515. The van der Waals surface area contributed by atoms with Crippen molar-refractivity contribution in [2.24, 2.45) is 5.41 Å². The van der Waals surface area contributed by atoms with Crippen LogP contribution < -0.4 is 5.43 Å². The van der Waals surface area contributed by atoms with Crippen molar-refractivity contribution >= 4 is 27.7 Å². The quantitative estimate of drug-likeness (QED) is 0.558. The van der Waals surface area contributed by atoms with Crippen molar-refractivity contribution in [2.45, 2.75) is 60.9 Å². The number of rotatable bonds is 4. The highest BCUT2D eigenvalue weighted by molar-refractivity contribution is 9.10. The molecule has 2 aromatic carbocycles. The van der Waals surface area contributed by atoms with Crippen LogP contribution in [0, 0.1) is 26.2 Å². The van der Waals surface area contributed by atoms with E-state index in [1.54, 1.807) is 19.1 Å². The minimum atomic E-state index is -0.435. The number of hydrogen-bond donors (Lipinski definition) is 2. The fraction of sp³-hybridized carbons (Fsp3) is 0.417. The van der Waals surface area contributed by atoms with E-state index in [-0.39, 0.29) is 23.1 Å². The van der Waals surface area contributed by atoms with Crippen LogP contribution in [-0.4, -0.2) is 28.0 Å². The Hall–Kier alpha value is -2.34. The molecule has 0 fully saturated rings. The molecule has 0 aliphatic heterocycles. The summed E-state index contributed by atoms with van der Waals surface area (Å²) in [7, 11) is 0. The van der Waals surface area contributed by atoms with Crippen LogP contribution in [0.4, 0.5) is 0 Å². The molecule has 6 heteroatoms. The number of phenolic OH excluding ortho intramolecular Hbond substituents is 1. The molecule has 2 N–H and O–H groups in total. The van der Waals surface area contributed by atoms with E-state index >= 15 is 0 Å². The molecule has 162 valence electrons. The van der Waals surface area contributed by atoms with E-state index in [1.807, 2.05) is 59.7 Å². The van der Waals surface area contributed by atoms with Crippen LogP contribution in [0.1, 0.15) is 71.5 Å². The summed E-state index contributed by atoms with van der Waals surface area (Å²) >= 11 is 3.26. The van der Waals surface area contributed by atoms with Crippen LogP contribution in [0.25, 0.3) is 0 Å². The van der Waals surface area contributed by atoms with Crippen LogP contribution >= 0.6 is 15.9 Å². The van der Waals surface area contributed by atoms with Crippen LogP contribution in [-0.2, 0) is 0 Å². The van der Waals surface area contributed by atoms with Gasteiger partial charge in [-0.2, -0.15) is 0 Å². The lowest BCUT2D eigenvalue weighted by molar-refractivity contribution is 0.0284. The van der Waals surface area contributed by atoms with Gasteiger partial charge >= 0.3 is 0 Å². The smallest absolute Gasteiger partial charge is 0.272 e. The number of nitrogens with zero attached hydrogens (tertiary/aromatic N) is 1. The monoisotopic (exact) mass is 474 g/mol. The van der Waals surface area contributed by atoms with E-state index in [2.05, 4.69) is 21.4 Å². The van der Waals surface area contributed by atoms with Gasteiger partial charge in [-0.1, -0.05) is 44.9 Å². The molecule has 30 heavy (non-hydrogen) atoms. The number of carbonyl (C=O) groups excluding carboxylic acids is 2. The number of amides is 2. The lowest BCUT2D eigenvalue weighted by Gasteiger charge is -2.39. The minimum Gasteiger partial charge on any atom is -0.506 e. The van der Waals surface area contributed by atoms with Crippen LogP contribution in [0.2, 0.25) is 0 Å². The Bertz CT molecular complexity index is 943. The van der Waals surface area contributed by atoms with Gasteiger partial charge in [-0.3, -0.25) is 15.0 Å². The van der Waals surface area contributed by atoms with Gasteiger partial charge in [0.1, 0.15) is 5.75 Å². The maximum absolute atomic E-state index is 13.5. The minimum absolute atomic E-state index is 0.0118. The highest BCUT2D eigenvalue weighted by Crippen LogP contribution is 2.31. The first-order chi connectivity index (χ1) is 13.9. The van der Waals surface area contributed by atoms with Gasteiger partial charge in [0, 0.05) is 16.7 Å². The second-order valence-corrected chi connectivity index (χ2v) is 9.71. The maximum Gasteiger partial charge on any atom is 0.272 e. The molecule has 2 aromatic rings. The van der Waals surface area contributed by atoms with Crippen LogP contribution in [0.15, 0.2) is 34.8 Å². The largest absolute Gasteiger partial charge is 0.506 e. The SMILES string of the molecule is CC[C@@H](N(NC(=O)c1ccc(Br)c(O)c1C)C(=O)c1cc(C)cc(C)c1)C(C)(C)C. The number of hydrazine groups is 1. The number of nitrogens with one attached hydrogen (secondary N) is 1. The Labute approximate surface area is 187 Å². The third kappa shape index (κ3) is 5.22. The first-order valence-electron chi connectivity index (χ1n) is 10.1. The summed E-state index contributed by atoms with van der Waals surface area (Å²) in [4.78, 5) is 26.6. The maximum atomic E-state index is 13.5. The van der Waals surface area contributed by atoms with Gasteiger partial charge in [0.25, 0.3) is 11.8 Å². The molecule has 2 rings (SSSR count). The lowest BCUT2D eigenvalue weighted by Crippen LogP contribution is -2.56. The molecule has 1 atom stereocenters. The van der Waals surface area contributed by atoms with E-state index in [9.17, 15) is 14.7 Å². The number of carbonyl (C=O) groups is 2. The zero-order valence-electron chi connectivity index (χ0n) is 18.8. The summed E-state index contributed by atoms with van der Waals surface area (Å²) in [5, 5.41) is 11.6. The van der Waals surface area contributed by atoms with E-state index < -0.39 is 5.91 Å². The third-order valence-corrected chi connectivity index (χ3v) is 5.87. The molecular formula is C24H31BrN2O3. The van der Waals surface area contributed by atoms with E-state index in [4.69, 9.17) is 0 Å². The Morgan fingerprint density at radius 2 is 1.67 bits per heavy atom. The van der Waals surface area contributed by atoms with Gasteiger partial charge in [-0.25, -0.2) is 5.01 Å². The van der Waals surface area contributed by atoms with Crippen molar-refractivity contribution in [1.82, 2.24) is 10.4 Å². The average molecular weight is 475 g/mol. The zero-order valence-corrected chi connectivity index (χ0v) is 20.3. The summed E-state index contributed by atoms with van der Waals surface area (Å²) in [6.07, 6.45) is 0.672. The van der Waals surface area contributed by atoms with Gasteiger partial charge in [-0.05, 0) is 72.8 Å². The van der Waals surface area contributed by atoms with Gasteiger partial charge < -0.3 is 5.11 Å². The number of benzene rings is 2. The fourth-order valence-corrected chi connectivity index (χ4v) is 4.20. The highest BCUT2D eigenvalue weighted by Gasteiger charge is 2.34. The van der Waals surface area contributed by atoms with Crippen molar-refractivity contribution in [3.05, 3.63) is 62.6 Å². The second kappa shape index (κ2) is 9.21. The molecular weight excluding hydrogens is 444 g/mol. The first kappa shape index (κ1) is 23.9. The van der Waals surface area contributed by atoms with Gasteiger partial charge in [0.2, 0.25) is 0 Å². The molecule has 0 unspecified atom stereocenters. The van der Waals surface area contributed by atoms with Crippen molar-refractivity contribution in [3.63, 3.8) is 0 Å². The predicted molar refractivity (Wildman–Crippen MR) is 124 cm³/mol. The number of aromatic hydroxyl groups is 1. The Morgan fingerprint density at radius 3 is 2.17 bits per heavy atom. The first-order valence-corrected chi connectivity index (χ1v) is 10.9. The summed E-state index contributed by atoms with van der Waals surface area (Å²) in [6, 6.07) is 8.70. The van der Waals surface area contributed by atoms with Gasteiger partial charge in [-0.15, -0.1) is 0 Å². The van der Waals surface area contributed by atoms with Crippen LogP contribution in [0.3, 0.4) is 0 Å². The number of aryl methyl sites for hydroxylation is 2. The summed E-state index contributed by atoms with van der Waals surface area (Å²) in [6.45, 7) is 13.7. The molecule has 0 heterocycles. The molecule has 2 amide bonds. The topological polar surface area (TPSA) is 69.6 Å². The van der Waals surface area contributed by atoms with Gasteiger partial charge in [0.15, 0.2) is 0 Å². The normalized spacial score (nSPS) is 12.4. The molecule has 0 spiro atoms. The Morgan fingerprint density at radius 1 is 1.10 bits per heavy atom. The van der Waals surface area contributed by atoms with Crippen molar-refractivity contribution < 1.29 is 14.7 Å². The van der Waals surface area contributed by atoms with Crippen molar-refractivity contribution in [2.75, 3.05) is 0 Å². The second-order valence-electron chi connectivity index (χ2n) is 8.85. The number of halogens is 1. The highest BCUT2D eigenvalue weighted by atomic mass is 79.9. The molecule has 0 radical (unpaired) electrons. The molecule has 0 saturated carbocycles. The van der Waals surface area contributed by atoms with E-state index in [0.717, 1.165) is 11.1 Å². The third-order valence-electron chi connectivity index (χ3n) is 5.23. The summed E-state index contributed by atoms with van der Waals surface area (Å²) in [5.74, 6) is -0.677. The average Bonchev–Trinajstić information content (AvgIpc) is 2.63. The summed E-state index contributed by atoms with van der Waals surface area (Å²) in [5.41, 5.74) is 5.85. The number of phenols is 1. The zero-order chi connectivity index (χ0) is 22.8. The molecule has 0 bridgehead atoms. The Balaban J connectivity index is 2.50. The standard InChI is InChI=1S/C24H31BrN2O3/c1-8-20(24(5,6)7)27(23(30)17-12-14(2)11-15(3)13-17)26-22(29)18-9-10-19(25)21(28)16(18)4/h9-13,20,28H,8H2,1-7H3,(H,26,29)/t20-/m1/s1. The molecule has 0 aromatic heterocycles.